The third kappa shape index (κ3) is 4.27. The van der Waals surface area contributed by atoms with Gasteiger partial charge in [0, 0.05) is 22.6 Å². The Hall–Kier alpha value is -2.22. The van der Waals surface area contributed by atoms with Gasteiger partial charge in [-0.3, -0.25) is 4.79 Å². The van der Waals surface area contributed by atoms with Gasteiger partial charge < -0.3 is 10.4 Å². The third-order valence-corrected chi connectivity index (χ3v) is 8.65. The van der Waals surface area contributed by atoms with Gasteiger partial charge in [-0.1, -0.05) is 55.7 Å². The molecular formula is C24H36N2O4S. The minimum atomic E-state index is -3.73. The van der Waals surface area contributed by atoms with Crippen molar-refractivity contribution in [1.29, 1.82) is 0 Å². The molecule has 1 saturated heterocycles. The van der Waals surface area contributed by atoms with E-state index in [0.717, 1.165) is 44.1 Å². The second-order valence-electron chi connectivity index (χ2n) is 8.59. The van der Waals surface area contributed by atoms with E-state index in [1.165, 1.54) is 10.4 Å². The van der Waals surface area contributed by atoms with E-state index in [1.54, 1.807) is 18.2 Å². The molecule has 1 saturated carbocycles. The summed E-state index contributed by atoms with van der Waals surface area (Å²) < 4.78 is 27.6. The Kier molecular flexibility index (Phi) is 6.46. The molecule has 0 radical (unpaired) electrons. The van der Waals surface area contributed by atoms with Crippen LogP contribution in [0, 0.1) is 0 Å². The Bertz CT molecular complexity index is 1030. The molecule has 1 aliphatic heterocycles. The second-order valence-corrected chi connectivity index (χ2v) is 10.5. The minimum Gasteiger partial charge on any atom is -0.395 e. The summed E-state index contributed by atoms with van der Waals surface area (Å²) in [4.78, 5) is 13.6. The first-order valence-corrected chi connectivity index (χ1v) is 12.5. The molecule has 1 heterocycles. The lowest BCUT2D eigenvalue weighted by Crippen LogP contribution is -2.42. The molecule has 1 amide bonds. The Morgan fingerprint density at radius 3 is 2.52 bits per heavy atom. The third-order valence-electron chi connectivity index (χ3n) is 6.70. The molecule has 2 aromatic rings. The summed E-state index contributed by atoms with van der Waals surface area (Å²) in [6.07, 6.45) is 6.08. The number of hydrogen-bond donors (Lipinski definition) is 2. The average molecular weight is 449 g/mol. The van der Waals surface area contributed by atoms with Gasteiger partial charge in [0.2, 0.25) is 15.9 Å². The van der Waals surface area contributed by atoms with Crippen LogP contribution in [0.15, 0.2) is 59.5 Å². The van der Waals surface area contributed by atoms with Gasteiger partial charge in [-0.15, -0.1) is 0 Å². The van der Waals surface area contributed by atoms with Crippen LogP contribution in [0.1, 0.15) is 54.8 Å². The predicted octanol–water partition coefficient (Wildman–Crippen LogP) is 4.41. The maximum atomic E-state index is 13.5. The standard InChI is InChI=1S/C24H30N2O4S.3H2/c27-18-21-12-8-16-26(21)31(29,30)22-13-7-11-20(17-22)25-23(28)24(14-5-2-6-15-24)19-9-3-1-4-10-19;;;/h1,3-4,7,9-11,13,17,21,27H,2,5-6,8,12,14-16,18H2,(H,25,28);3*1H/t21-;;;/m1.../s1. The quantitative estimate of drug-likeness (QED) is 0.685. The van der Waals surface area contributed by atoms with Gasteiger partial charge in [-0.2, -0.15) is 4.31 Å². The number of aliphatic hydroxyl groups is 1. The first-order chi connectivity index (χ1) is 15.0. The van der Waals surface area contributed by atoms with Crippen LogP contribution in [0.3, 0.4) is 0 Å². The van der Waals surface area contributed by atoms with Crippen LogP contribution in [0.5, 0.6) is 0 Å². The number of nitrogens with zero attached hydrogens (tertiary/aromatic N) is 1. The fourth-order valence-electron chi connectivity index (χ4n) is 4.99. The minimum absolute atomic E-state index is 0. The van der Waals surface area contributed by atoms with Crippen LogP contribution in [-0.2, 0) is 20.2 Å². The number of carbonyl (C=O) groups excluding carboxylic acids is 1. The smallest absolute Gasteiger partial charge is 0.243 e. The molecule has 7 heteroatoms. The van der Waals surface area contributed by atoms with Gasteiger partial charge in [0.25, 0.3) is 0 Å². The molecule has 0 aromatic heterocycles. The first-order valence-electron chi connectivity index (χ1n) is 11.1. The van der Waals surface area contributed by atoms with E-state index in [4.69, 9.17) is 0 Å². The zero-order chi connectivity index (χ0) is 21.9. The van der Waals surface area contributed by atoms with Crippen molar-refractivity contribution in [3.63, 3.8) is 0 Å². The fourth-order valence-corrected chi connectivity index (χ4v) is 6.72. The molecule has 4 rings (SSSR count). The van der Waals surface area contributed by atoms with Gasteiger partial charge in [-0.25, -0.2) is 8.42 Å². The first kappa shape index (κ1) is 22.0. The highest BCUT2D eigenvalue weighted by atomic mass is 32.2. The van der Waals surface area contributed by atoms with Crippen molar-refractivity contribution in [3.05, 3.63) is 60.2 Å². The number of amides is 1. The van der Waals surface area contributed by atoms with E-state index in [9.17, 15) is 18.3 Å². The normalized spacial score (nSPS) is 21.6. The van der Waals surface area contributed by atoms with Crippen LogP contribution in [0.25, 0.3) is 0 Å². The number of anilines is 1. The van der Waals surface area contributed by atoms with Crippen molar-refractivity contribution in [2.75, 3.05) is 18.5 Å². The molecule has 2 fully saturated rings. The van der Waals surface area contributed by atoms with Crippen molar-refractivity contribution >= 4 is 21.6 Å². The molecule has 172 valence electrons. The zero-order valence-corrected chi connectivity index (χ0v) is 18.5. The lowest BCUT2D eigenvalue weighted by atomic mass is 9.68. The van der Waals surface area contributed by atoms with Crippen molar-refractivity contribution in [2.45, 2.75) is 61.3 Å². The van der Waals surface area contributed by atoms with E-state index >= 15 is 0 Å². The lowest BCUT2D eigenvalue weighted by Gasteiger charge is -2.36. The molecule has 6 nitrogen and oxygen atoms in total. The number of hydrogen-bond acceptors (Lipinski definition) is 4. The van der Waals surface area contributed by atoms with Crippen molar-refractivity contribution < 1.29 is 22.6 Å². The molecule has 0 bridgehead atoms. The monoisotopic (exact) mass is 448 g/mol. The van der Waals surface area contributed by atoms with E-state index in [1.807, 2.05) is 30.3 Å². The fraction of sp³-hybridized carbons (Fsp3) is 0.458. The number of carbonyl (C=O) groups is 1. The molecule has 2 N–H and O–H groups in total. The molecule has 31 heavy (non-hydrogen) atoms. The molecular weight excluding hydrogens is 412 g/mol. The van der Waals surface area contributed by atoms with Gasteiger partial charge in [0.15, 0.2) is 0 Å². The molecule has 2 aromatic carbocycles. The SMILES string of the molecule is O=C(Nc1cccc(S(=O)(=O)N2CCC[C@@H]2CO)c1)C1(c2ccccc2)CCCCC1.[HH].[HH].[HH]. The highest BCUT2D eigenvalue weighted by Crippen LogP contribution is 2.40. The Balaban J connectivity index is 0.00000193. The van der Waals surface area contributed by atoms with Gasteiger partial charge in [0.05, 0.1) is 16.9 Å². The highest BCUT2D eigenvalue weighted by molar-refractivity contribution is 7.89. The number of nitrogens with one attached hydrogen (secondary N) is 1. The number of sulfonamides is 1. The number of aliphatic hydroxyl groups excluding tert-OH is 1. The van der Waals surface area contributed by atoms with E-state index in [2.05, 4.69) is 5.32 Å². The highest BCUT2D eigenvalue weighted by Gasteiger charge is 2.41. The maximum absolute atomic E-state index is 13.5. The molecule has 2 aliphatic rings. The summed E-state index contributed by atoms with van der Waals surface area (Å²) >= 11 is 0. The second kappa shape index (κ2) is 9.10. The summed E-state index contributed by atoms with van der Waals surface area (Å²) in [7, 11) is -3.73. The molecule has 1 aliphatic carbocycles. The summed E-state index contributed by atoms with van der Waals surface area (Å²) in [5.41, 5.74) is 0.899. The Morgan fingerprint density at radius 1 is 1.06 bits per heavy atom. The molecule has 0 unspecified atom stereocenters. The van der Waals surface area contributed by atoms with Crippen molar-refractivity contribution in [2.24, 2.45) is 0 Å². The van der Waals surface area contributed by atoms with E-state index in [-0.39, 0.29) is 27.7 Å². The van der Waals surface area contributed by atoms with Crippen LogP contribution in [0.2, 0.25) is 0 Å². The van der Waals surface area contributed by atoms with Crippen LogP contribution in [-0.4, -0.2) is 42.9 Å². The van der Waals surface area contributed by atoms with Gasteiger partial charge in [-0.05, 0) is 49.4 Å². The summed E-state index contributed by atoms with van der Waals surface area (Å²) in [5, 5.41) is 12.5. The van der Waals surface area contributed by atoms with E-state index < -0.39 is 15.4 Å². The number of rotatable bonds is 6. The van der Waals surface area contributed by atoms with Gasteiger partial charge in [0.1, 0.15) is 0 Å². The number of benzene rings is 2. The lowest BCUT2D eigenvalue weighted by molar-refractivity contribution is -0.122. The Labute approximate surface area is 188 Å². The topological polar surface area (TPSA) is 86.7 Å². The maximum Gasteiger partial charge on any atom is 0.243 e. The van der Waals surface area contributed by atoms with Crippen LogP contribution in [0.4, 0.5) is 5.69 Å². The van der Waals surface area contributed by atoms with E-state index in [0.29, 0.717) is 18.7 Å². The summed E-state index contributed by atoms with van der Waals surface area (Å²) in [6, 6.07) is 16.0. The summed E-state index contributed by atoms with van der Waals surface area (Å²) in [5.74, 6) is -0.0812. The predicted molar refractivity (Wildman–Crippen MR) is 127 cm³/mol. The molecule has 1 atom stereocenters. The van der Waals surface area contributed by atoms with Crippen molar-refractivity contribution in [3.8, 4) is 0 Å². The van der Waals surface area contributed by atoms with Crippen LogP contribution >= 0.6 is 0 Å². The summed E-state index contributed by atoms with van der Waals surface area (Å²) in [6.45, 7) is 0.219. The van der Waals surface area contributed by atoms with Crippen molar-refractivity contribution in [1.82, 2.24) is 4.31 Å². The average Bonchev–Trinajstić information content (AvgIpc) is 3.30. The molecule has 0 spiro atoms. The van der Waals surface area contributed by atoms with Crippen LogP contribution < -0.4 is 5.32 Å². The van der Waals surface area contributed by atoms with Gasteiger partial charge >= 0.3 is 0 Å². The zero-order valence-electron chi connectivity index (χ0n) is 17.7. The Morgan fingerprint density at radius 2 is 1.81 bits per heavy atom. The largest absolute Gasteiger partial charge is 0.395 e.